The van der Waals surface area contributed by atoms with E-state index in [4.69, 9.17) is 4.74 Å². The minimum absolute atomic E-state index is 0.165. The molecule has 1 aliphatic rings. The highest BCUT2D eigenvalue weighted by Gasteiger charge is 2.13. The van der Waals surface area contributed by atoms with Crippen molar-refractivity contribution in [3.63, 3.8) is 0 Å². The third-order valence-electron chi connectivity index (χ3n) is 4.55. The van der Waals surface area contributed by atoms with Crippen LogP contribution in [-0.2, 0) is 13.0 Å². The fourth-order valence-corrected chi connectivity index (χ4v) is 3.01. The first-order chi connectivity index (χ1) is 12.7. The van der Waals surface area contributed by atoms with Crippen LogP contribution in [0.2, 0.25) is 0 Å². The Kier molecular flexibility index (Phi) is 6.30. The molecule has 1 fully saturated rings. The molecule has 0 spiro atoms. The number of urea groups is 1. The largest absolute Gasteiger partial charge is 0.497 e. The van der Waals surface area contributed by atoms with E-state index in [1.807, 2.05) is 42.6 Å². The number of pyridine rings is 1. The molecule has 138 valence electrons. The normalized spacial score (nSPS) is 13.5. The molecule has 0 radical (unpaired) electrons. The van der Waals surface area contributed by atoms with E-state index in [1.54, 1.807) is 7.11 Å². The molecule has 26 heavy (non-hydrogen) atoms. The van der Waals surface area contributed by atoms with Crippen molar-refractivity contribution >= 4 is 11.8 Å². The third-order valence-corrected chi connectivity index (χ3v) is 4.55. The SMILES string of the molecule is COc1ccc(CCNC(=O)NCc2ccc(N3CCCC3)nc2)cc1. The monoisotopic (exact) mass is 354 g/mol. The number of methoxy groups -OCH3 is 1. The summed E-state index contributed by atoms with van der Waals surface area (Å²) in [6.07, 6.45) is 5.10. The third kappa shape index (κ3) is 5.12. The fourth-order valence-electron chi connectivity index (χ4n) is 3.01. The summed E-state index contributed by atoms with van der Waals surface area (Å²) in [7, 11) is 1.65. The molecule has 1 aliphatic heterocycles. The lowest BCUT2D eigenvalue weighted by molar-refractivity contribution is 0.240. The average Bonchev–Trinajstić information content (AvgIpc) is 3.22. The lowest BCUT2D eigenvalue weighted by atomic mass is 10.1. The zero-order valence-electron chi connectivity index (χ0n) is 15.2. The van der Waals surface area contributed by atoms with Gasteiger partial charge in [0, 0.05) is 32.4 Å². The van der Waals surface area contributed by atoms with Crippen LogP contribution in [0.25, 0.3) is 0 Å². The maximum atomic E-state index is 11.9. The molecule has 0 bridgehead atoms. The molecule has 0 unspecified atom stereocenters. The van der Waals surface area contributed by atoms with Gasteiger partial charge in [-0.05, 0) is 48.6 Å². The predicted octanol–water partition coefficient (Wildman–Crippen LogP) is 2.73. The van der Waals surface area contributed by atoms with Crippen LogP contribution in [0, 0.1) is 0 Å². The van der Waals surface area contributed by atoms with Crippen molar-refractivity contribution in [1.82, 2.24) is 15.6 Å². The molecule has 0 atom stereocenters. The number of hydrogen-bond donors (Lipinski definition) is 2. The van der Waals surface area contributed by atoms with Crippen molar-refractivity contribution in [1.29, 1.82) is 0 Å². The Morgan fingerprint density at radius 2 is 1.81 bits per heavy atom. The highest BCUT2D eigenvalue weighted by molar-refractivity contribution is 5.73. The number of aromatic nitrogens is 1. The molecule has 2 N–H and O–H groups in total. The molecule has 2 amide bonds. The minimum Gasteiger partial charge on any atom is -0.497 e. The van der Waals surface area contributed by atoms with E-state index >= 15 is 0 Å². The van der Waals surface area contributed by atoms with Crippen LogP contribution >= 0.6 is 0 Å². The predicted molar refractivity (Wildman–Crippen MR) is 103 cm³/mol. The quantitative estimate of drug-likeness (QED) is 0.802. The first kappa shape index (κ1) is 18.0. The van der Waals surface area contributed by atoms with Gasteiger partial charge in [-0.15, -0.1) is 0 Å². The first-order valence-electron chi connectivity index (χ1n) is 9.09. The Morgan fingerprint density at radius 3 is 2.46 bits per heavy atom. The van der Waals surface area contributed by atoms with Gasteiger partial charge in [0.15, 0.2) is 0 Å². The lowest BCUT2D eigenvalue weighted by Crippen LogP contribution is -2.36. The van der Waals surface area contributed by atoms with Crippen molar-refractivity contribution in [3.05, 3.63) is 53.7 Å². The Bertz CT molecular complexity index is 695. The van der Waals surface area contributed by atoms with Gasteiger partial charge in [-0.2, -0.15) is 0 Å². The molecule has 1 aromatic carbocycles. The van der Waals surface area contributed by atoms with Crippen LogP contribution < -0.4 is 20.3 Å². The molecule has 0 aliphatic carbocycles. The average molecular weight is 354 g/mol. The summed E-state index contributed by atoms with van der Waals surface area (Å²) in [6, 6.07) is 11.8. The van der Waals surface area contributed by atoms with Crippen LogP contribution in [0.4, 0.5) is 10.6 Å². The second-order valence-electron chi connectivity index (χ2n) is 6.43. The maximum Gasteiger partial charge on any atom is 0.315 e. The van der Waals surface area contributed by atoms with Gasteiger partial charge < -0.3 is 20.3 Å². The highest BCUT2D eigenvalue weighted by atomic mass is 16.5. The molecule has 2 heterocycles. The Balaban J connectivity index is 1.36. The minimum atomic E-state index is -0.165. The number of benzene rings is 1. The van der Waals surface area contributed by atoms with Crippen molar-refractivity contribution in [3.8, 4) is 5.75 Å². The van der Waals surface area contributed by atoms with E-state index < -0.39 is 0 Å². The Hall–Kier alpha value is -2.76. The number of hydrogen-bond acceptors (Lipinski definition) is 4. The summed E-state index contributed by atoms with van der Waals surface area (Å²) in [5.41, 5.74) is 2.16. The second kappa shape index (κ2) is 9.08. The Morgan fingerprint density at radius 1 is 1.08 bits per heavy atom. The molecular formula is C20H26N4O2. The zero-order chi connectivity index (χ0) is 18.2. The van der Waals surface area contributed by atoms with Crippen LogP contribution in [0.3, 0.4) is 0 Å². The molecule has 2 aromatic rings. The number of carbonyl (C=O) groups excluding carboxylic acids is 1. The van der Waals surface area contributed by atoms with Crippen molar-refractivity contribution in [2.75, 3.05) is 31.6 Å². The maximum absolute atomic E-state index is 11.9. The van der Waals surface area contributed by atoms with Crippen LogP contribution in [0.15, 0.2) is 42.6 Å². The molecule has 1 aromatic heterocycles. The van der Waals surface area contributed by atoms with E-state index in [0.29, 0.717) is 13.1 Å². The Labute approximate surface area is 154 Å². The van der Waals surface area contributed by atoms with Gasteiger partial charge in [0.1, 0.15) is 11.6 Å². The van der Waals surface area contributed by atoms with Gasteiger partial charge in [0.2, 0.25) is 0 Å². The number of nitrogens with one attached hydrogen (secondary N) is 2. The van der Waals surface area contributed by atoms with E-state index in [0.717, 1.165) is 42.2 Å². The first-order valence-corrected chi connectivity index (χ1v) is 9.09. The number of nitrogens with zero attached hydrogens (tertiary/aromatic N) is 2. The molecular weight excluding hydrogens is 328 g/mol. The van der Waals surface area contributed by atoms with E-state index in [1.165, 1.54) is 12.8 Å². The molecule has 0 saturated carbocycles. The van der Waals surface area contributed by atoms with Gasteiger partial charge in [0.05, 0.1) is 7.11 Å². The van der Waals surface area contributed by atoms with E-state index in [9.17, 15) is 4.79 Å². The topological polar surface area (TPSA) is 66.5 Å². The number of ether oxygens (including phenoxy) is 1. The summed E-state index contributed by atoms with van der Waals surface area (Å²) in [6.45, 7) is 3.23. The fraction of sp³-hybridized carbons (Fsp3) is 0.400. The van der Waals surface area contributed by atoms with Crippen molar-refractivity contribution < 1.29 is 9.53 Å². The lowest BCUT2D eigenvalue weighted by Gasteiger charge is -2.16. The number of amides is 2. The van der Waals surface area contributed by atoms with Crippen LogP contribution in [-0.4, -0.2) is 37.8 Å². The van der Waals surface area contributed by atoms with Crippen LogP contribution in [0.1, 0.15) is 24.0 Å². The number of rotatable bonds is 7. The summed E-state index contributed by atoms with van der Waals surface area (Å²) < 4.78 is 5.13. The standard InChI is InChI=1S/C20H26N4O2/c1-26-18-7-4-16(5-8-18)10-11-21-20(25)23-15-17-6-9-19(22-14-17)24-12-2-3-13-24/h4-9,14H,2-3,10-13,15H2,1H3,(H2,21,23,25). The summed E-state index contributed by atoms with van der Waals surface area (Å²) in [5, 5.41) is 5.75. The van der Waals surface area contributed by atoms with Crippen molar-refractivity contribution in [2.45, 2.75) is 25.8 Å². The second-order valence-corrected chi connectivity index (χ2v) is 6.43. The van der Waals surface area contributed by atoms with Crippen molar-refractivity contribution in [2.24, 2.45) is 0 Å². The number of carbonyl (C=O) groups is 1. The smallest absolute Gasteiger partial charge is 0.315 e. The molecule has 3 rings (SSSR count). The van der Waals surface area contributed by atoms with Gasteiger partial charge in [-0.1, -0.05) is 18.2 Å². The van der Waals surface area contributed by atoms with E-state index in [-0.39, 0.29) is 6.03 Å². The van der Waals surface area contributed by atoms with Gasteiger partial charge in [-0.25, -0.2) is 9.78 Å². The van der Waals surface area contributed by atoms with Gasteiger partial charge in [-0.3, -0.25) is 0 Å². The van der Waals surface area contributed by atoms with Gasteiger partial charge in [0.25, 0.3) is 0 Å². The summed E-state index contributed by atoms with van der Waals surface area (Å²) in [4.78, 5) is 18.7. The molecule has 6 heteroatoms. The van der Waals surface area contributed by atoms with Crippen LogP contribution in [0.5, 0.6) is 5.75 Å². The summed E-state index contributed by atoms with van der Waals surface area (Å²) in [5.74, 6) is 1.86. The highest BCUT2D eigenvalue weighted by Crippen LogP contribution is 2.17. The summed E-state index contributed by atoms with van der Waals surface area (Å²) >= 11 is 0. The molecule has 6 nitrogen and oxygen atoms in total. The zero-order valence-corrected chi connectivity index (χ0v) is 15.2. The van der Waals surface area contributed by atoms with Gasteiger partial charge >= 0.3 is 6.03 Å². The number of anilines is 1. The molecule has 1 saturated heterocycles. The van der Waals surface area contributed by atoms with E-state index in [2.05, 4.69) is 20.5 Å².